The van der Waals surface area contributed by atoms with Gasteiger partial charge in [-0.3, -0.25) is 9.59 Å². The van der Waals surface area contributed by atoms with Crippen molar-refractivity contribution in [1.82, 2.24) is 10.2 Å². The lowest BCUT2D eigenvalue weighted by Crippen LogP contribution is -2.52. The number of carboxylic acid groups (broad SMARTS) is 2. The first kappa shape index (κ1) is 31.5. The fourth-order valence-electron chi connectivity index (χ4n) is 4.05. The molecule has 1 saturated heterocycles. The van der Waals surface area contributed by atoms with Gasteiger partial charge in [-0.25, -0.2) is 9.38 Å². The van der Waals surface area contributed by atoms with Gasteiger partial charge in [-0.05, 0) is 42.8 Å². The van der Waals surface area contributed by atoms with E-state index in [0.717, 1.165) is 38.6 Å². The standard InChI is InChI=1S/C21H22F4N4.C4H6O4.CH4O/c1-2-3-15-12-29(9-8-26-15)20-16-10-13(21(23,24)25)4-6-17(16)27-19-11-14(22)5-7-18(19)28-20;5-3(6)1-2-4(7)8;1-2/h4-7,10-11,15,26-27H,2-3,8-9,12H2,1H3;1-2H2,(H,5,6)(H,7,8);2H,1H3/t15-;;/m0../s1. The fourth-order valence-corrected chi connectivity index (χ4v) is 4.05. The van der Waals surface area contributed by atoms with Crippen LogP contribution in [0.2, 0.25) is 0 Å². The number of carboxylic acids is 2. The average molecular weight is 557 g/mol. The number of alkyl halides is 3. The van der Waals surface area contributed by atoms with E-state index in [9.17, 15) is 27.2 Å². The minimum absolute atomic E-state index is 0.245. The zero-order valence-corrected chi connectivity index (χ0v) is 21.6. The number of carbonyl (C=O) groups is 2. The van der Waals surface area contributed by atoms with Crippen molar-refractivity contribution in [1.29, 1.82) is 0 Å². The average Bonchev–Trinajstić information content (AvgIpc) is 3.05. The van der Waals surface area contributed by atoms with E-state index in [1.54, 1.807) is 6.07 Å². The number of amidine groups is 1. The molecule has 0 amide bonds. The third kappa shape index (κ3) is 9.21. The van der Waals surface area contributed by atoms with Crippen LogP contribution in [0.3, 0.4) is 0 Å². The van der Waals surface area contributed by atoms with Gasteiger partial charge in [0.05, 0.1) is 29.8 Å². The molecule has 0 aromatic heterocycles. The summed E-state index contributed by atoms with van der Waals surface area (Å²) in [5, 5.41) is 29.3. The third-order valence-electron chi connectivity index (χ3n) is 5.79. The normalized spacial score (nSPS) is 16.0. The number of anilines is 2. The maximum atomic E-state index is 13.8. The molecule has 0 aliphatic carbocycles. The number of halogens is 4. The summed E-state index contributed by atoms with van der Waals surface area (Å²) in [4.78, 5) is 26.0. The van der Waals surface area contributed by atoms with Crippen LogP contribution in [-0.4, -0.2) is 70.8 Å². The van der Waals surface area contributed by atoms with Crippen LogP contribution in [-0.2, 0) is 15.8 Å². The molecule has 4 rings (SSSR count). The maximum absolute atomic E-state index is 13.8. The molecule has 2 aromatic carbocycles. The summed E-state index contributed by atoms with van der Waals surface area (Å²) in [6, 6.07) is 7.94. The highest BCUT2D eigenvalue weighted by atomic mass is 19.4. The molecule has 214 valence electrons. The number of aliphatic carboxylic acids is 2. The predicted octanol–water partition coefficient (Wildman–Crippen LogP) is 4.60. The van der Waals surface area contributed by atoms with Gasteiger partial charge >= 0.3 is 18.1 Å². The predicted molar refractivity (Wildman–Crippen MR) is 138 cm³/mol. The quantitative estimate of drug-likeness (QED) is 0.338. The second kappa shape index (κ2) is 14.4. The van der Waals surface area contributed by atoms with Crippen LogP contribution >= 0.6 is 0 Å². The maximum Gasteiger partial charge on any atom is 0.416 e. The van der Waals surface area contributed by atoms with Crippen molar-refractivity contribution in [2.75, 3.05) is 32.1 Å². The molecule has 5 N–H and O–H groups in total. The SMILES string of the molecule is CCC[C@H]1CN(C2=Nc3ccc(F)cc3Nc3ccc(C(F)(F)F)cc32)CCN1.CO.O=C(O)CCC(=O)O. The summed E-state index contributed by atoms with van der Waals surface area (Å²) in [6.45, 7) is 4.11. The molecule has 0 bridgehead atoms. The van der Waals surface area contributed by atoms with E-state index in [1.807, 2.05) is 4.90 Å². The Morgan fingerprint density at radius 1 is 1.05 bits per heavy atom. The Labute approximate surface area is 223 Å². The van der Waals surface area contributed by atoms with Gasteiger partial charge in [-0.15, -0.1) is 0 Å². The Hall–Kier alpha value is -3.71. The van der Waals surface area contributed by atoms with Gasteiger partial charge in [-0.1, -0.05) is 13.3 Å². The first-order chi connectivity index (χ1) is 18.5. The lowest BCUT2D eigenvalue weighted by Gasteiger charge is -2.36. The molecular weight excluding hydrogens is 524 g/mol. The van der Waals surface area contributed by atoms with Crippen molar-refractivity contribution in [3.05, 3.63) is 53.3 Å². The number of piperazine rings is 1. The molecule has 0 spiro atoms. The summed E-state index contributed by atoms with van der Waals surface area (Å²) in [5.74, 6) is -2.11. The number of hydrogen-bond donors (Lipinski definition) is 5. The first-order valence-electron chi connectivity index (χ1n) is 12.2. The monoisotopic (exact) mass is 556 g/mol. The van der Waals surface area contributed by atoms with E-state index < -0.39 is 29.5 Å². The van der Waals surface area contributed by atoms with Gasteiger partial charge < -0.3 is 30.9 Å². The van der Waals surface area contributed by atoms with Gasteiger partial charge in [0, 0.05) is 44.0 Å². The van der Waals surface area contributed by atoms with E-state index in [0.29, 0.717) is 41.6 Å². The molecule has 2 aliphatic heterocycles. The topological polar surface area (TPSA) is 134 Å². The Morgan fingerprint density at radius 2 is 1.72 bits per heavy atom. The Morgan fingerprint density at radius 3 is 2.31 bits per heavy atom. The molecule has 2 aliphatic rings. The van der Waals surface area contributed by atoms with E-state index in [1.165, 1.54) is 18.2 Å². The Kier molecular flexibility index (Phi) is 11.7. The molecule has 1 fully saturated rings. The van der Waals surface area contributed by atoms with Crippen molar-refractivity contribution in [2.45, 2.75) is 44.8 Å². The van der Waals surface area contributed by atoms with Crippen LogP contribution in [0.1, 0.15) is 43.7 Å². The Bertz CT molecular complexity index is 1160. The van der Waals surface area contributed by atoms with Gasteiger partial charge in [-0.2, -0.15) is 13.2 Å². The summed E-state index contributed by atoms with van der Waals surface area (Å²) in [6.07, 6.45) is -3.07. The molecule has 2 aromatic rings. The van der Waals surface area contributed by atoms with Gasteiger partial charge in [0.25, 0.3) is 0 Å². The zero-order chi connectivity index (χ0) is 29.2. The van der Waals surface area contributed by atoms with Crippen molar-refractivity contribution in [2.24, 2.45) is 4.99 Å². The first-order valence-corrected chi connectivity index (χ1v) is 12.2. The Balaban J connectivity index is 0.000000460. The molecule has 2 heterocycles. The van der Waals surface area contributed by atoms with Crippen molar-refractivity contribution in [3.8, 4) is 0 Å². The lowest BCUT2D eigenvalue weighted by molar-refractivity contribution is -0.143. The molecule has 39 heavy (non-hydrogen) atoms. The van der Waals surface area contributed by atoms with Crippen LogP contribution in [0.5, 0.6) is 0 Å². The van der Waals surface area contributed by atoms with E-state index in [-0.39, 0.29) is 18.9 Å². The molecule has 0 radical (unpaired) electrons. The second-order valence-corrected chi connectivity index (χ2v) is 8.65. The molecule has 1 atom stereocenters. The van der Waals surface area contributed by atoms with Crippen molar-refractivity contribution < 1.29 is 42.5 Å². The minimum atomic E-state index is -4.46. The largest absolute Gasteiger partial charge is 0.481 e. The smallest absolute Gasteiger partial charge is 0.416 e. The summed E-state index contributed by atoms with van der Waals surface area (Å²) in [5.41, 5.74) is 1.04. The highest BCUT2D eigenvalue weighted by molar-refractivity contribution is 6.08. The number of fused-ring (bicyclic) bond motifs is 2. The minimum Gasteiger partial charge on any atom is -0.481 e. The fraction of sp³-hybridized carbons (Fsp3) is 0.423. The summed E-state index contributed by atoms with van der Waals surface area (Å²) in [7, 11) is 1.00. The molecule has 13 heteroatoms. The van der Waals surface area contributed by atoms with Crippen LogP contribution in [0, 0.1) is 5.82 Å². The number of benzene rings is 2. The second-order valence-electron chi connectivity index (χ2n) is 8.65. The van der Waals surface area contributed by atoms with Crippen molar-refractivity contribution in [3.63, 3.8) is 0 Å². The number of rotatable bonds is 5. The number of aliphatic hydroxyl groups is 1. The number of aliphatic hydroxyl groups excluding tert-OH is 1. The molecule has 0 unspecified atom stereocenters. The van der Waals surface area contributed by atoms with Crippen LogP contribution in [0.25, 0.3) is 0 Å². The summed E-state index contributed by atoms with van der Waals surface area (Å²) < 4.78 is 53.9. The van der Waals surface area contributed by atoms with E-state index in [2.05, 4.69) is 22.5 Å². The lowest BCUT2D eigenvalue weighted by atomic mass is 10.0. The van der Waals surface area contributed by atoms with Gasteiger partial charge in [0.2, 0.25) is 0 Å². The molecular formula is C26H32F4N4O5. The van der Waals surface area contributed by atoms with E-state index in [4.69, 9.17) is 15.3 Å². The van der Waals surface area contributed by atoms with Gasteiger partial charge in [0.1, 0.15) is 11.7 Å². The van der Waals surface area contributed by atoms with Crippen LogP contribution in [0.15, 0.2) is 41.4 Å². The number of nitrogens with one attached hydrogen (secondary N) is 2. The molecule has 9 nitrogen and oxygen atoms in total. The van der Waals surface area contributed by atoms with Gasteiger partial charge in [0.15, 0.2) is 0 Å². The highest BCUT2D eigenvalue weighted by Gasteiger charge is 2.33. The number of nitrogens with zero attached hydrogens (tertiary/aromatic N) is 2. The number of aliphatic imine (C=N–C) groups is 1. The highest BCUT2D eigenvalue weighted by Crippen LogP contribution is 2.38. The third-order valence-corrected chi connectivity index (χ3v) is 5.79. The zero-order valence-electron chi connectivity index (χ0n) is 21.6. The van der Waals surface area contributed by atoms with E-state index >= 15 is 0 Å². The number of hydrogen-bond acceptors (Lipinski definition) is 7. The van der Waals surface area contributed by atoms with Crippen molar-refractivity contribution >= 4 is 34.8 Å². The van der Waals surface area contributed by atoms with Crippen LogP contribution < -0.4 is 10.6 Å². The summed E-state index contributed by atoms with van der Waals surface area (Å²) >= 11 is 0. The van der Waals surface area contributed by atoms with Crippen LogP contribution in [0.4, 0.5) is 34.6 Å². The molecule has 0 saturated carbocycles.